The minimum absolute atomic E-state index is 0.594. The molecule has 0 amide bonds. The van der Waals surface area contributed by atoms with Gasteiger partial charge in [-0.15, -0.1) is 0 Å². The van der Waals surface area contributed by atoms with Gasteiger partial charge in [-0.1, -0.05) is 164 Å². The second-order valence-electron chi connectivity index (χ2n) is 15.1. The summed E-state index contributed by atoms with van der Waals surface area (Å²) in [5.74, 6) is 2.99. The predicted molar refractivity (Wildman–Crippen MR) is 253 cm³/mol. The van der Waals surface area contributed by atoms with E-state index >= 15 is 0 Å². The minimum Gasteiger partial charge on any atom is -0.453 e. The molecule has 0 fully saturated rings. The maximum Gasteiger partial charge on any atom is 0.162 e. The largest absolute Gasteiger partial charge is 0.453 e. The highest BCUT2D eigenvalue weighted by Crippen LogP contribution is 2.51. The normalized spacial score (nSPS) is 12.5. The van der Waals surface area contributed by atoms with E-state index < -0.39 is 0 Å². The third-order valence-corrected chi connectivity index (χ3v) is 11.4. The molecule has 0 unspecified atom stereocenters. The van der Waals surface area contributed by atoms with Crippen molar-refractivity contribution < 1.29 is 4.74 Å². The van der Waals surface area contributed by atoms with Crippen molar-refractivity contribution in [1.82, 2.24) is 14.5 Å². The van der Waals surface area contributed by atoms with Gasteiger partial charge in [0.1, 0.15) is 5.82 Å². The van der Waals surface area contributed by atoms with Crippen LogP contribution in [-0.2, 0) is 0 Å². The number of rotatable bonds is 8. The molecular formula is C56H38N4O. The van der Waals surface area contributed by atoms with Crippen LogP contribution >= 0.6 is 0 Å². The molecule has 0 bridgehead atoms. The lowest BCUT2D eigenvalue weighted by Crippen LogP contribution is -2.15. The molecule has 1 aliphatic heterocycles. The standard InChI is InChI=1S/C56H38N4O/c1-2-39(23-16-19-38-17-6-3-7-18-38)56-57-47(41-21-8-4-9-22-41)37-54(58-56)60-48-32-30-42(35-46(48)55-45-26-13-12-20-40(45)29-34-51(55)60)43-31-33-50-53(36-43)61-52-28-15-14-27-49(52)59(50)44-24-10-5-11-25-44/h2-37H,1H2/b19-16+,39-23+. The van der Waals surface area contributed by atoms with Gasteiger partial charge in [-0.2, -0.15) is 0 Å². The zero-order valence-electron chi connectivity index (χ0n) is 33.2. The first-order valence-corrected chi connectivity index (χ1v) is 20.4. The van der Waals surface area contributed by atoms with Crippen molar-refractivity contribution in [1.29, 1.82) is 0 Å². The monoisotopic (exact) mass is 782 g/mol. The Labute approximate surface area is 354 Å². The summed E-state index contributed by atoms with van der Waals surface area (Å²) in [6.07, 6.45) is 7.96. The molecule has 0 aliphatic carbocycles. The van der Waals surface area contributed by atoms with Gasteiger partial charge < -0.3 is 9.64 Å². The summed E-state index contributed by atoms with van der Waals surface area (Å²) in [4.78, 5) is 12.7. The lowest BCUT2D eigenvalue weighted by Gasteiger charge is -2.33. The van der Waals surface area contributed by atoms with Crippen LogP contribution in [0.15, 0.2) is 219 Å². The zero-order chi connectivity index (χ0) is 40.7. The fraction of sp³-hybridized carbons (Fsp3) is 0. The maximum atomic E-state index is 6.63. The second kappa shape index (κ2) is 15.1. The Hall–Kier alpha value is -8.28. The molecule has 0 saturated carbocycles. The summed E-state index contributed by atoms with van der Waals surface area (Å²) >= 11 is 0. The van der Waals surface area contributed by atoms with E-state index in [1.54, 1.807) is 0 Å². The summed E-state index contributed by atoms with van der Waals surface area (Å²) in [5.41, 5.74) is 11.1. The molecule has 288 valence electrons. The first-order valence-electron chi connectivity index (χ1n) is 20.4. The van der Waals surface area contributed by atoms with E-state index in [-0.39, 0.29) is 0 Å². The molecule has 0 spiro atoms. The fourth-order valence-electron chi connectivity index (χ4n) is 8.50. The molecule has 5 heteroatoms. The van der Waals surface area contributed by atoms with Gasteiger partial charge >= 0.3 is 0 Å². The molecule has 0 radical (unpaired) electrons. The van der Waals surface area contributed by atoms with Crippen molar-refractivity contribution in [3.05, 3.63) is 230 Å². The summed E-state index contributed by atoms with van der Waals surface area (Å²) < 4.78 is 8.91. The molecule has 8 aromatic carbocycles. The highest BCUT2D eigenvalue weighted by Gasteiger charge is 2.26. The average Bonchev–Trinajstić information content (AvgIpc) is 3.67. The summed E-state index contributed by atoms with van der Waals surface area (Å²) in [6, 6.07) is 67.6. The van der Waals surface area contributed by atoms with Crippen LogP contribution in [0.1, 0.15) is 11.4 Å². The van der Waals surface area contributed by atoms with Crippen LogP contribution in [0.25, 0.3) is 72.4 Å². The number of ether oxygens (including phenoxy) is 1. The van der Waals surface area contributed by atoms with Gasteiger partial charge in [0, 0.05) is 33.7 Å². The van der Waals surface area contributed by atoms with Crippen LogP contribution in [0, 0.1) is 0 Å². The molecule has 0 saturated heterocycles. The van der Waals surface area contributed by atoms with E-state index in [4.69, 9.17) is 14.7 Å². The Bertz CT molecular complexity index is 3350. The number of hydrogen-bond donors (Lipinski definition) is 0. The third-order valence-electron chi connectivity index (χ3n) is 11.4. The highest BCUT2D eigenvalue weighted by atomic mass is 16.5. The Kier molecular flexibility index (Phi) is 8.90. The Morgan fingerprint density at radius 2 is 1.23 bits per heavy atom. The van der Waals surface area contributed by atoms with Crippen LogP contribution in [0.3, 0.4) is 0 Å². The van der Waals surface area contributed by atoms with Gasteiger partial charge in [0.15, 0.2) is 17.3 Å². The zero-order valence-corrected chi connectivity index (χ0v) is 33.2. The predicted octanol–water partition coefficient (Wildman–Crippen LogP) is 14.9. The number of benzene rings is 8. The lowest BCUT2D eigenvalue weighted by atomic mass is 9.99. The smallest absolute Gasteiger partial charge is 0.162 e. The fourth-order valence-corrected chi connectivity index (χ4v) is 8.50. The maximum absolute atomic E-state index is 6.63. The van der Waals surface area contributed by atoms with Crippen molar-refractivity contribution in [3.63, 3.8) is 0 Å². The van der Waals surface area contributed by atoms with Crippen molar-refractivity contribution >= 4 is 61.3 Å². The number of hydrogen-bond acceptors (Lipinski definition) is 4. The Morgan fingerprint density at radius 3 is 2.07 bits per heavy atom. The average molecular weight is 783 g/mol. The molecule has 0 atom stereocenters. The van der Waals surface area contributed by atoms with Gasteiger partial charge in [-0.05, 0) is 82.1 Å². The van der Waals surface area contributed by atoms with Crippen molar-refractivity contribution in [2.45, 2.75) is 0 Å². The van der Waals surface area contributed by atoms with E-state index in [2.05, 4.69) is 162 Å². The molecule has 61 heavy (non-hydrogen) atoms. The molecule has 10 aromatic rings. The molecule has 2 aromatic heterocycles. The highest BCUT2D eigenvalue weighted by molar-refractivity contribution is 6.22. The van der Waals surface area contributed by atoms with Crippen LogP contribution in [0.5, 0.6) is 11.5 Å². The molecule has 3 heterocycles. The summed E-state index contributed by atoms with van der Waals surface area (Å²) in [6.45, 7) is 4.19. The Morgan fingerprint density at radius 1 is 0.541 bits per heavy atom. The van der Waals surface area contributed by atoms with E-state index in [9.17, 15) is 0 Å². The van der Waals surface area contributed by atoms with Gasteiger partial charge in [-0.25, -0.2) is 9.97 Å². The van der Waals surface area contributed by atoms with Crippen molar-refractivity contribution in [2.24, 2.45) is 0 Å². The van der Waals surface area contributed by atoms with Gasteiger partial charge in [-0.3, -0.25) is 4.57 Å². The van der Waals surface area contributed by atoms with Gasteiger partial charge in [0.2, 0.25) is 0 Å². The van der Waals surface area contributed by atoms with Crippen LogP contribution in [0.2, 0.25) is 0 Å². The molecular weight excluding hydrogens is 745 g/mol. The van der Waals surface area contributed by atoms with E-state index in [1.807, 2.05) is 72.8 Å². The topological polar surface area (TPSA) is 43.2 Å². The van der Waals surface area contributed by atoms with Crippen LogP contribution < -0.4 is 9.64 Å². The van der Waals surface area contributed by atoms with Gasteiger partial charge in [0.25, 0.3) is 0 Å². The van der Waals surface area contributed by atoms with Gasteiger partial charge in [0.05, 0.1) is 28.1 Å². The molecule has 11 rings (SSSR count). The summed E-state index contributed by atoms with van der Waals surface area (Å²) in [7, 11) is 0. The first kappa shape index (κ1) is 35.8. The van der Waals surface area contributed by atoms with E-state index in [0.717, 1.165) is 84.3 Å². The summed E-state index contributed by atoms with van der Waals surface area (Å²) in [5, 5.41) is 4.66. The minimum atomic E-state index is 0.594. The molecule has 1 aliphatic rings. The quantitative estimate of drug-likeness (QED) is 0.144. The van der Waals surface area contributed by atoms with Crippen molar-refractivity contribution in [2.75, 3.05) is 4.90 Å². The molecule has 0 N–H and O–H groups in total. The number of fused-ring (bicyclic) bond motifs is 7. The van der Waals surface area contributed by atoms with E-state index in [0.29, 0.717) is 5.82 Å². The molecule has 5 nitrogen and oxygen atoms in total. The first-order chi connectivity index (χ1) is 30.2. The Balaban J connectivity index is 1.09. The van der Waals surface area contributed by atoms with Crippen molar-refractivity contribution in [3.8, 4) is 39.7 Å². The second-order valence-corrected chi connectivity index (χ2v) is 15.1. The number of anilines is 3. The SMILES string of the molecule is C=C/C(=C\C=C\c1ccccc1)c1nc(-c2ccccc2)cc(-n2c3ccc(-c4ccc5c(c4)Oc4ccccc4N5c4ccccc4)cc3c3c4ccccc4ccc32)n1. The van der Waals surface area contributed by atoms with Crippen LogP contribution in [-0.4, -0.2) is 14.5 Å². The number of allylic oxidation sites excluding steroid dienone is 4. The lowest BCUT2D eigenvalue weighted by molar-refractivity contribution is 0.477. The van der Waals surface area contributed by atoms with Crippen LogP contribution in [0.4, 0.5) is 17.1 Å². The number of para-hydroxylation sites is 3. The number of aromatic nitrogens is 3. The third kappa shape index (κ3) is 6.46. The van der Waals surface area contributed by atoms with E-state index in [1.165, 1.54) is 16.2 Å². The number of nitrogens with zero attached hydrogens (tertiary/aromatic N) is 4.